The molecule has 2 rings (SSSR count). The molecular weight excluding hydrogens is 266 g/mol. The van der Waals surface area contributed by atoms with Crippen LogP contribution in [0.15, 0.2) is 22.9 Å². The first-order valence-corrected chi connectivity index (χ1v) is 6.53. The third-order valence-corrected chi connectivity index (χ3v) is 3.44. The molecule has 1 N–H and O–H groups in total. The van der Waals surface area contributed by atoms with E-state index in [1.54, 1.807) is 0 Å². The van der Waals surface area contributed by atoms with Crippen molar-refractivity contribution in [2.45, 2.75) is 13.0 Å². The Hall–Kier alpha value is -0.450. The van der Waals surface area contributed by atoms with E-state index in [1.807, 2.05) is 12.3 Å². The summed E-state index contributed by atoms with van der Waals surface area (Å²) in [6.45, 7) is 4.50. The van der Waals surface area contributed by atoms with Gasteiger partial charge >= 0.3 is 0 Å². The van der Waals surface area contributed by atoms with Crippen LogP contribution in [0.4, 0.5) is 0 Å². The molecule has 0 unspecified atom stereocenters. The van der Waals surface area contributed by atoms with Crippen LogP contribution in [0.5, 0.6) is 0 Å². The predicted molar refractivity (Wildman–Crippen MR) is 69.2 cm³/mol. The highest BCUT2D eigenvalue weighted by molar-refractivity contribution is 9.10. The van der Waals surface area contributed by atoms with E-state index in [0.29, 0.717) is 0 Å². The van der Waals surface area contributed by atoms with E-state index in [9.17, 15) is 0 Å². The average molecular weight is 284 g/mol. The smallest absolute Gasteiger partial charge is 0.106 e. The van der Waals surface area contributed by atoms with Gasteiger partial charge in [-0.3, -0.25) is 0 Å². The van der Waals surface area contributed by atoms with E-state index in [1.165, 1.54) is 31.6 Å². The molecule has 1 fully saturated rings. The van der Waals surface area contributed by atoms with Crippen LogP contribution >= 0.6 is 15.9 Å². The first kappa shape index (κ1) is 12.0. The highest BCUT2D eigenvalue weighted by Gasteiger charge is 2.16. The van der Waals surface area contributed by atoms with Crippen molar-refractivity contribution < 1.29 is 0 Å². The third-order valence-electron chi connectivity index (χ3n) is 2.97. The molecule has 1 aliphatic rings. The number of aromatic nitrogens is 1. The van der Waals surface area contributed by atoms with Gasteiger partial charge in [0.2, 0.25) is 0 Å². The van der Waals surface area contributed by atoms with Crippen LogP contribution in [0.25, 0.3) is 0 Å². The van der Waals surface area contributed by atoms with Crippen molar-refractivity contribution in [3.8, 4) is 0 Å². The van der Waals surface area contributed by atoms with E-state index in [4.69, 9.17) is 0 Å². The lowest BCUT2D eigenvalue weighted by atomic mass is 10.1. The summed E-state index contributed by atoms with van der Waals surface area (Å²) in [5.74, 6) is 0.813. The minimum atomic E-state index is 0.813. The van der Waals surface area contributed by atoms with Gasteiger partial charge in [-0.15, -0.1) is 0 Å². The van der Waals surface area contributed by atoms with Crippen molar-refractivity contribution >= 4 is 15.9 Å². The van der Waals surface area contributed by atoms with E-state index >= 15 is 0 Å². The van der Waals surface area contributed by atoms with Gasteiger partial charge in [0.25, 0.3) is 0 Å². The lowest BCUT2D eigenvalue weighted by Gasteiger charge is -2.20. The van der Waals surface area contributed by atoms with Gasteiger partial charge in [-0.2, -0.15) is 0 Å². The molecule has 3 nitrogen and oxygen atoms in total. The van der Waals surface area contributed by atoms with Gasteiger partial charge in [0.05, 0.1) is 0 Å². The van der Waals surface area contributed by atoms with Crippen LogP contribution in [0.3, 0.4) is 0 Å². The topological polar surface area (TPSA) is 28.2 Å². The predicted octanol–water partition coefficient (Wildman–Crippen LogP) is 1.89. The van der Waals surface area contributed by atoms with Crippen molar-refractivity contribution in [3.63, 3.8) is 0 Å². The maximum atomic E-state index is 4.24. The Morgan fingerprint density at radius 2 is 2.44 bits per heavy atom. The van der Waals surface area contributed by atoms with Crippen molar-refractivity contribution in [2.24, 2.45) is 5.92 Å². The van der Waals surface area contributed by atoms with Gasteiger partial charge in [-0.05, 0) is 60.0 Å². The number of nitrogens with zero attached hydrogens (tertiary/aromatic N) is 2. The van der Waals surface area contributed by atoms with Gasteiger partial charge in [0.1, 0.15) is 4.60 Å². The van der Waals surface area contributed by atoms with Crippen LogP contribution < -0.4 is 5.32 Å². The molecule has 0 saturated carbocycles. The van der Waals surface area contributed by atoms with Crippen LogP contribution in [-0.2, 0) is 6.54 Å². The second-order valence-electron chi connectivity index (χ2n) is 4.54. The van der Waals surface area contributed by atoms with Crippen molar-refractivity contribution in [2.75, 3.05) is 26.7 Å². The summed E-state index contributed by atoms with van der Waals surface area (Å²) in [6.07, 6.45) is 3.25. The lowest BCUT2D eigenvalue weighted by Crippen LogP contribution is -2.26. The summed E-state index contributed by atoms with van der Waals surface area (Å²) in [4.78, 5) is 6.62. The highest BCUT2D eigenvalue weighted by Crippen LogP contribution is 2.12. The molecule has 2 heterocycles. The van der Waals surface area contributed by atoms with Crippen molar-refractivity contribution in [1.29, 1.82) is 0 Å². The molecule has 1 atom stereocenters. The zero-order valence-corrected chi connectivity index (χ0v) is 11.2. The zero-order chi connectivity index (χ0) is 11.4. The summed E-state index contributed by atoms with van der Waals surface area (Å²) in [5.41, 5.74) is 1.27. The maximum Gasteiger partial charge on any atom is 0.106 e. The molecule has 1 saturated heterocycles. The normalized spacial score (nSPS) is 20.6. The van der Waals surface area contributed by atoms with Crippen LogP contribution in [0.2, 0.25) is 0 Å². The largest absolute Gasteiger partial charge is 0.316 e. The summed E-state index contributed by atoms with van der Waals surface area (Å²) >= 11 is 3.35. The minimum absolute atomic E-state index is 0.813. The van der Waals surface area contributed by atoms with E-state index < -0.39 is 0 Å². The van der Waals surface area contributed by atoms with E-state index in [0.717, 1.165) is 17.1 Å². The fraction of sp³-hybridized carbons (Fsp3) is 0.583. The molecule has 16 heavy (non-hydrogen) atoms. The number of hydrogen-bond donors (Lipinski definition) is 1. The van der Waals surface area contributed by atoms with Gasteiger partial charge in [0, 0.05) is 19.3 Å². The third kappa shape index (κ3) is 3.54. The molecule has 1 aromatic rings. The Labute approximate surface area is 105 Å². The number of pyridine rings is 1. The fourth-order valence-electron chi connectivity index (χ4n) is 2.19. The minimum Gasteiger partial charge on any atom is -0.316 e. The van der Waals surface area contributed by atoms with Crippen LogP contribution in [-0.4, -0.2) is 36.6 Å². The van der Waals surface area contributed by atoms with E-state index in [2.05, 4.69) is 44.2 Å². The Morgan fingerprint density at radius 3 is 3.06 bits per heavy atom. The molecule has 0 aliphatic carbocycles. The number of hydrogen-bond acceptors (Lipinski definition) is 3. The highest BCUT2D eigenvalue weighted by atomic mass is 79.9. The first-order chi connectivity index (χ1) is 7.74. The van der Waals surface area contributed by atoms with Crippen molar-refractivity contribution in [3.05, 3.63) is 28.5 Å². The molecule has 0 aromatic carbocycles. The quantitative estimate of drug-likeness (QED) is 0.856. The summed E-state index contributed by atoms with van der Waals surface area (Å²) in [7, 11) is 2.18. The molecule has 0 spiro atoms. The summed E-state index contributed by atoms with van der Waals surface area (Å²) < 4.78 is 0.902. The monoisotopic (exact) mass is 283 g/mol. The fourth-order valence-corrected chi connectivity index (χ4v) is 2.42. The van der Waals surface area contributed by atoms with Crippen LogP contribution in [0.1, 0.15) is 12.0 Å². The molecular formula is C12H18BrN3. The lowest BCUT2D eigenvalue weighted by molar-refractivity contribution is 0.278. The van der Waals surface area contributed by atoms with Crippen molar-refractivity contribution in [1.82, 2.24) is 15.2 Å². The average Bonchev–Trinajstić information content (AvgIpc) is 2.74. The molecule has 0 radical (unpaired) electrons. The zero-order valence-electron chi connectivity index (χ0n) is 9.62. The number of halogens is 1. The molecule has 1 aliphatic heterocycles. The van der Waals surface area contributed by atoms with E-state index in [-0.39, 0.29) is 0 Å². The SMILES string of the molecule is CN(Cc1ccc(Br)nc1)C[C@@H]1CCNC1. The molecule has 88 valence electrons. The van der Waals surface area contributed by atoms with Gasteiger partial charge in [-0.1, -0.05) is 6.07 Å². The molecule has 4 heteroatoms. The number of nitrogens with one attached hydrogen (secondary N) is 1. The maximum absolute atomic E-state index is 4.24. The van der Waals surface area contributed by atoms with Gasteiger partial charge in [0.15, 0.2) is 0 Å². The Morgan fingerprint density at radius 1 is 1.56 bits per heavy atom. The second-order valence-corrected chi connectivity index (χ2v) is 5.36. The number of rotatable bonds is 4. The summed E-state index contributed by atoms with van der Waals surface area (Å²) in [5, 5.41) is 3.40. The Bertz CT molecular complexity index is 320. The Balaban J connectivity index is 1.81. The van der Waals surface area contributed by atoms with Gasteiger partial charge in [-0.25, -0.2) is 4.98 Å². The molecule has 1 aromatic heterocycles. The molecule has 0 amide bonds. The molecule has 0 bridgehead atoms. The summed E-state index contributed by atoms with van der Waals surface area (Å²) in [6, 6.07) is 4.13. The second kappa shape index (κ2) is 5.75. The van der Waals surface area contributed by atoms with Gasteiger partial charge < -0.3 is 10.2 Å². The van der Waals surface area contributed by atoms with Crippen LogP contribution in [0, 0.1) is 5.92 Å². The first-order valence-electron chi connectivity index (χ1n) is 5.74. The Kier molecular flexibility index (Phi) is 4.32. The standard InChI is InChI=1S/C12H18BrN3/c1-16(9-11-4-5-14-6-11)8-10-2-3-12(13)15-7-10/h2-3,7,11,14H,4-6,8-9H2,1H3/t11-/m1/s1.